The number of halogens is 2. The van der Waals surface area contributed by atoms with Crippen LogP contribution in [-0.2, 0) is 6.54 Å². The second kappa shape index (κ2) is 4.05. The molecule has 14 heavy (non-hydrogen) atoms. The summed E-state index contributed by atoms with van der Waals surface area (Å²) in [7, 11) is 0. The Morgan fingerprint density at radius 2 is 1.86 bits per heavy atom. The zero-order chi connectivity index (χ0) is 9.97. The van der Waals surface area contributed by atoms with E-state index < -0.39 is 12.3 Å². The first-order chi connectivity index (χ1) is 6.75. The number of rotatable bonds is 3. The van der Waals surface area contributed by atoms with Crippen LogP contribution in [0, 0.1) is 5.92 Å². The van der Waals surface area contributed by atoms with Crippen LogP contribution in [0.25, 0.3) is 0 Å². The molecule has 0 N–H and O–H groups in total. The van der Waals surface area contributed by atoms with Gasteiger partial charge in [-0.2, -0.15) is 0 Å². The molecular weight excluding hydrogens is 184 g/mol. The van der Waals surface area contributed by atoms with Gasteiger partial charge in [-0.1, -0.05) is 30.3 Å². The average Bonchev–Trinajstić information content (AvgIpc) is 2.12. The van der Waals surface area contributed by atoms with E-state index in [2.05, 4.69) is 0 Å². The molecule has 1 fully saturated rings. The lowest BCUT2D eigenvalue weighted by Gasteiger charge is -2.38. The minimum Gasteiger partial charge on any atom is -0.298 e. The highest BCUT2D eigenvalue weighted by Crippen LogP contribution is 2.23. The monoisotopic (exact) mass is 197 g/mol. The van der Waals surface area contributed by atoms with E-state index in [1.54, 1.807) is 0 Å². The summed E-state index contributed by atoms with van der Waals surface area (Å²) in [5.74, 6) is -0.404. The zero-order valence-electron chi connectivity index (χ0n) is 7.87. The van der Waals surface area contributed by atoms with Crippen molar-refractivity contribution in [2.75, 3.05) is 13.1 Å². The predicted octanol–water partition coefficient (Wildman–Crippen LogP) is 2.38. The lowest BCUT2D eigenvalue weighted by molar-refractivity contribution is -0.0279. The molecule has 0 spiro atoms. The smallest absolute Gasteiger partial charge is 0.243 e. The molecule has 76 valence electrons. The zero-order valence-corrected chi connectivity index (χ0v) is 7.87. The molecule has 0 aromatic heterocycles. The van der Waals surface area contributed by atoms with E-state index in [-0.39, 0.29) is 0 Å². The highest BCUT2D eigenvalue weighted by molar-refractivity contribution is 5.14. The SMILES string of the molecule is FC(F)C1CN(Cc2ccccc2)C1. The van der Waals surface area contributed by atoms with E-state index >= 15 is 0 Å². The van der Waals surface area contributed by atoms with E-state index in [1.807, 2.05) is 35.2 Å². The first kappa shape index (κ1) is 9.59. The van der Waals surface area contributed by atoms with Crippen LogP contribution in [0.5, 0.6) is 0 Å². The number of alkyl halides is 2. The third-order valence-corrected chi connectivity index (χ3v) is 2.59. The molecule has 0 bridgehead atoms. The number of likely N-dealkylation sites (tertiary alicyclic amines) is 1. The normalized spacial score (nSPS) is 18.5. The standard InChI is InChI=1S/C11H13F2N/c12-11(13)10-7-14(8-10)6-9-4-2-1-3-5-9/h1-5,10-11H,6-8H2. The first-order valence-electron chi connectivity index (χ1n) is 4.80. The first-order valence-corrected chi connectivity index (χ1v) is 4.80. The molecule has 0 atom stereocenters. The Morgan fingerprint density at radius 1 is 1.21 bits per heavy atom. The Labute approximate surface area is 82.3 Å². The van der Waals surface area contributed by atoms with Gasteiger partial charge in [0.25, 0.3) is 0 Å². The van der Waals surface area contributed by atoms with Crippen LogP contribution in [0.2, 0.25) is 0 Å². The van der Waals surface area contributed by atoms with Gasteiger partial charge in [0.1, 0.15) is 0 Å². The quantitative estimate of drug-likeness (QED) is 0.719. The Hall–Kier alpha value is -0.960. The van der Waals surface area contributed by atoms with E-state index in [4.69, 9.17) is 0 Å². The molecule has 0 amide bonds. The van der Waals surface area contributed by atoms with E-state index in [9.17, 15) is 8.78 Å². The molecule has 1 aromatic carbocycles. The summed E-state index contributed by atoms with van der Waals surface area (Å²) in [5, 5.41) is 0. The molecule has 3 heteroatoms. The second-order valence-corrected chi connectivity index (χ2v) is 3.77. The Kier molecular flexibility index (Phi) is 2.77. The molecule has 1 nitrogen and oxygen atoms in total. The number of benzene rings is 1. The molecule has 0 aliphatic carbocycles. The van der Waals surface area contributed by atoms with Crippen molar-refractivity contribution in [1.29, 1.82) is 0 Å². The van der Waals surface area contributed by atoms with Gasteiger partial charge in [0.05, 0.1) is 0 Å². The molecule has 0 saturated carbocycles. The maximum atomic E-state index is 12.2. The number of hydrogen-bond acceptors (Lipinski definition) is 1. The van der Waals surface area contributed by atoms with Gasteiger partial charge in [-0.3, -0.25) is 4.90 Å². The lowest BCUT2D eigenvalue weighted by Crippen LogP contribution is -2.49. The summed E-state index contributed by atoms with van der Waals surface area (Å²) < 4.78 is 24.3. The molecule has 1 aliphatic rings. The van der Waals surface area contributed by atoms with Crippen LogP contribution in [-0.4, -0.2) is 24.4 Å². The minimum absolute atomic E-state index is 0.404. The van der Waals surface area contributed by atoms with E-state index in [0.29, 0.717) is 13.1 Å². The fourth-order valence-electron chi connectivity index (χ4n) is 1.74. The summed E-state index contributed by atoms with van der Waals surface area (Å²) >= 11 is 0. The van der Waals surface area contributed by atoms with Gasteiger partial charge in [0, 0.05) is 25.6 Å². The highest BCUT2D eigenvalue weighted by atomic mass is 19.3. The number of hydrogen-bond donors (Lipinski definition) is 0. The van der Waals surface area contributed by atoms with Gasteiger partial charge in [-0.25, -0.2) is 8.78 Å². The Morgan fingerprint density at radius 3 is 2.43 bits per heavy atom. The molecule has 2 rings (SSSR count). The van der Waals surface area contributed by atoms with Crippen LogP contribution in [0.3, 0.4) is 0 Å². The summed E-state index contributed by atoms with van der Waals surface area (Å²) in [6, 6.07) is 9.95. The van der Waals surface area contributed by atoms with Crippen molar-refractivity contribution < 1.29 is 8.78 Å². The average molecular weight is 197 g/mol. The third-order valence-electron chi connectivity index (χ3n) is 2.59. The molecule has 0 radical (unpaired) electrons. The number of nitrogens with zero attached hydrogens (tertiary/aromatic N) is 1. The fourth-order valence-corrected chi connectivity index (χ4v) is 1.74. The van der Waals surface area contributed by atoms with Gasteiger partial charge >= 0.3 is 0 Å². The van der Waals surface area contributed by atoms with Gasteiger partial charge in [0.2, 0.25) is 6.43 Å². The summed E-state index contributed by atoms with van der Waals surface area (Å²) in [4.78, 5) is 2.05. The largest absolute Gasteiger partial charge is 0.298 e. The summed E-state index contributed by atoms with van der Waals surface area (Å²) in [5.41, 5.74) is 1.19. The van der Waals surface area contributed by atoms with Crippen molar-refractivity contribution in [2.24, 2.45) is 5.92 Å². The van der Waals surface area contributed by atoms with E-state index in [0.717, 1.165) is 6.54 Å². The van der Waals surface area contributed by atoms with Crippen LogP contribution in [0.4, 0.5) is 8.78 Å². The maximum Gasteiger partial charge on any atom is 0.243 e. The Bertz CT molecular complexity index is 281. The van der Waals surface area contributed by atoms with Crippen LogP contribution < -0.4 is 0 Å². The van der Waals surface area contributed by atoms with Gasteiger partial charge < -0.3 is 0 Å². The van der Waals surface area contributed by atoms with Crippen molar-refractivity contribution in [3.8, 4) is 0 Å². The van der Waals surface area contributed by atoms with E-state index in [1.165, 1.54) is 5.56 Å². The molecule has 1 aliphatic heterocycles. The van der Waals surface area contributed by atoms with Crippen molar-refractivity contribution in [1.82, 2.24) is 4.90 Å². The second-order valence-electron chi connectivity index (χ2n) is 3.77. The molecule has 1 saturated heterocycles. The fraction of sp³-hybridized carbons (Fsp3) is 0.455. The molecule has 0 unspecified atom stereocenters. The van der Waals surface area contributed by atoms with Crippen LogP contribution in [0.15, 0.2) is 30.3 Å². The van der Waals surface area contributed by atoms with Crippen molar-refractivity contribution in [3.63, 3.8) is 0 Å². The minimum atomic E-state index is -2.15. The van der Waals surface area contributed by atoms with Crippen LogP contribution in [0.1, 0.15) is 5.56 Å². The Balaban J connectivity index is 1.80. The van der Waals surface area contributed by atoms with Gasteiger partial charge in [-0.15, -0.1) is 0 Å². The van der Waals surface area contributed by atoms with Crippen LogP contribution >= 0.6 is 0 Å². The summed E-state index contributed by atoms with van der Waals surface area (Å²) in [6.45, 7) is 1.86. The van der Waals surface area contributed by atoms with Crippen molar-refractivity contribution >= 4 is 0 Å². The highest BCUT2D eigenvalue weighted by Gasteiger charge is 2.33. The lowest BCUT2D eigenvalue weighted by atomic mass is 10.00. The molecular formula is C11H13F2N. The molecule has 1 aromatic rings. The van der Waals surface area contributed by atoms with Gasteiger partial charge in [-0.05, 0) is 5.56 Å². The summed E-state index contributed by atoms with van der Waals surface area (Å²) in [6.07, 6.45) is -2.15. The maximum absolute atomic E-state index is 12.2. The van der Waals surface area contributed by atoms with Gasteiger partial charge in [0.15, 0.2) is 0 Å². The third kappa shape index (κ3) is 2.10. The molecule has 1 heterocycles. The van der Waals surface area contributed by atoms with Crippen molar-refractivity contribution in [3.05, 3.63) is 35.9 Å². The van der Waals surface area contributed by atoms with Crippen molar-refractivity contribution in [2.45, 2.75) is 13.0 Å². The predicted molar refractivity (Wildman–Crippen MR) is 51.2 cm³/mol. The topological polar surface area (TPSA) is 3.24 Å².